The number of nitrogens with zero attached hydrogens (tertiary/aromatic N) is 1. The maximum atomic E-state index is 13.9. The number of carbonyl (C=O) groups is 2. The number of benzene rings is 2. The molecule has 0 bridgehead atoms. The van der Waals surface area contributed by atoms with Crippen molar-refractivity contribution in [2.24, 2.45) is 0 Å². The third kappa shape index (κ3) is 4.54. The standard InChI is InChI=1S/C18H12F4N2O6/c1-2-30-18(27)10(7-23-12-4-3-8(24(28)29)5-13(12)25)17(26)9-6-11(19)15(21)16(22)14(9)20/h3-7,23,25H,2H2,1H3. The lowest BCUT2D eigenvalue weighted by Crippen LogP contribution is -2.19. The predicted molar refractivity (Wildman–Crippen MR) is 93.7 cm³/mol. The molecule has 0 atom stereocenters. The fourth-order valence-corrected chi connectivity index (χ4v) is 2.21. The molecule has 0 spiro atoms. The number of ketones is 1. The topological polar surface area (TPSA) is 119 Å². The van der Waals surface area contributed by atoms with Gasteiger partial charge < -0.3 is 15.2 Å². The number of carbonyl (C=O) groups excluding carboxylic acids is 2. The van der Waals surface area contributed by atoms with Crippen LogP contribution in [0.2, 0.25) is 0 Å². The number of phenolic OH excluding ortho intramolecular Hbond substituents is 1. The van der Waals surface area contributed by atoms with Crippen molar-refractivity contribution < 1.29 is 41.9 Å². The highest BCUT2D eigenvalue weighted by atomic mass is 19.2. The van der Waals surface area contributed by atoms with E-state index in [9.17, 15) is 42.4 Å². The maximum absolute atomic E-state index is 13.9. The molecule has 30 heavy (non-hydrogen) atoms. The highest BCUT2D eigenvalue weighted by Crippen LogP contribution is 2.28. The molecule has 0 radical (unpaired) electrons. The van der Waals surface area contributed by atoms with Gasteiger partial charge in [0, 0.05) is 12.3 Å². The Balaban J connectivity index is 2.48. The number of nitro groups is 1. The van der Waals surface area contributed by atoms with Gasteiger partial charge in [-0.15, -0.1) is 0 Å². The summed E-state index contributed by atoms with van der Waals surface area (Å²) in [5.41, 5.74) is -2.88. The molecule has 158 valence electrons. The number of ether oxygens (including phenoxy) is 1. The minimum atomic E-state index is -2.25. The van der Waals surface area contributed by atoms with E-state index in [-0.39, 0.29) is 18.4 Å². The molecular weight excluding hydrogens is 416 g/mol. The van der Waals surface area contributed by atoms with E-state index >= 15 is 0 Å². The second-order valence-corrected chi connectivity index (χ2v) is 5.56. The summed E-state index contributed by atoms with van der Waals surface area (Å²) < 4.78 is 58.6. The van der Waals surface area contributed by atoms with Gasteiger partial charge >= 0.3 is 5.97 Å². The van der Waals surface area contributed by atoms with Crippen LogP contribution in [0.1, 0.15) is 17.3 Å². The SMILES string of the molecule is CCOC(=O)C(=CNc1ccc([N+](=O)[O-])cc1O)C(=O)c1cc(F)c(F)c(F)c1F. The summed E-state index contributed by atoms with van der Waals surface area (Å²) in [6.07, 6.45) is 0.639. The molecule has 0 aliphatic carbocycles. The van der Waals surface area contributed by atoms with Crippen molar-refractivity contribution in [3.05, 3.63) is 75.0 Å². The molecule has 0 saturated heterocycles. The zero-order valence-electron chi connectivity index (χ0n) is 15.0. The number of nitro benzene ring substituents is 1. The lowest BCUT2D eigenvalue weighted by atomic mass is 10.0. The highest BCUT2D eigenvalue weighted by Gasteiger charge is 2.28. The first kappa shape index (κ1) is 22.3. The predicted octanol–water partition coefficient (Wildman–Crippen LogP) is 3.60. The Morgan fingerprint density at radius 1 is 1.17 bits per heavy atom. The number of aromatic hydroxyl groups is 1. The van der Waals surface area contributed by atoms with Gasteiger partial charge in [-0.1, -0.05) is 0 Å². The third-order valence-electron chi connectivity index (χ3n) is 3.65. The van der Waals surface area contributed by atoms with Crippen LogP contribution >= 0.6 is 0 Å². The summed E-state index contributed by atoms with van der Waals surface area (Å²) in [6.45, 7) is 1.16. The average molecular weight is 428 g/mol. The summed E-state index contributed by atoms with van der Waals surface area (Å²) in [6, 6.07) is 2.88. The van der Waals surface area contributed by atoms with E-state index < -0.39 is 62.5 Å². The first-order valence-electron chi connectivity index (χ1n) is 8.07. The molecule has 0 fully saturated rings. The van der Waals surface area contributed by atoms with Gasteiger partial charge in [0.2, 0.25) is 5.78 Å². The van der Waals surface area contributed by atoms with Crippen LogP contribution in [0.3, 0.4) is 0 Å². The molecule has 0 aliphatic rings. The van der Waals surface area contributed by atoms with E-state index in [4.69, 9.17) is 0 Å². The number of Topliss-reactive ketones (excluding diaryl/α,β-unsaturated/α-hetero) is 1. The van der Waals surface area contributed by atoms with E-state index in [1.54, 1.807) is 0 Å². The van der Waals surface area contributed by atoms with Crippen molar-refractivity contribution in [1.29, 1.82) is 0 Å². The number of phenols is 1. The summed E-state index contributed by atoms with van der Waals surface area (Å²) in [5.74, 6) is -11.8. The largest absolute Gasteiger partial charge is 0.506 e. The van der Waals surface area contributed by atoms with Gasteiger partial charge in [0.1, 0.15) is 11.3 Å². The normalized spacial score (nSPS) is 11.2. The second kappa shape index (κ2) is 9.03. The lowest BCUT2D eigenvalue weighted by molar-refractivity contribution is -0.384. The van der Waals surface area contributed by atoms with E-state index in [1.807, 2.05) is 0 Å². The number of anilines is 1. The fraction of sp³-hybridized carbons (Fsp3) is 0.111. The van der Waals surface area contributed by atoms with Crippen molar-refractivity contribution in [3.63, 3.8) is 0 Å². The minimum absolute atomic E-state index is 0.0759. The molecule has 12 heteroatoms. The van der Waals surface area contributed by atoms with Crippen molar-refractivity contribution in [3.8, 4) is 5.75 Å². The molecule has 0 saturated carbocycles. The Morgan fingerprint density at radius 3 is 2.40 bits per heavy atom. The van der Waals surface area contributed by atoms with Crippen molar-refractivity contribution in [2.75, 3.05) is 11.9 Å². The molecular formula is C18H12F4N2O6. The lowest BCUT2D eigenvalue weighted by Gasteiger charge is -2.10. The van der Waals surface area contributed by atoms with Crippen LogP contribution in [0.5, 0.6) is 5.75 Å². The smallest absolute Gasteiger partial charge is 0.343 e. The molecule has 0 heterocycles. The minimum Gasteiger partial charge on any atom is -0.506 e. The zero-order valence-corrected chi connectivity index (χ0v) is 15.0. The van der Waals surface area contributed by atoms with Crippen LogP contribution in [0.15, 0.2) is 36.0 Å². The highest BCUT2D eigenvalue weighted by molar-refractivity contribution is 6.24. The van der Waals surface area contributed by atoms with Crippen molar-refractivity contribution in [2.45, 2.75) is 6.92 Å². The van der Waals surface area contributed by atoms with Gasteiger partial charge in [0.05, 0.1) is 28.8 Å². The number of non-ortho nitro benzene ring substituents is 1. The molecule has 0 aliphatic heterocycles. The first-order valence-corrected chi connectivity index (χ1v) is 8.07. The molecule has 0 unspecified atom stereocenters. The van der Waals surface area contributed by atoms with E-state index in [0.717, 1.165) is 18.2 Å². The number of halogens is 4. The first-order chi connectivity index (χ1) is 14.1. The molecule has 8 nitrogen and oxygen atoms in total. The number of esters is 1. The van der Waals surface area contributed by atoms with Gasteiger partial charge in [0.25, 0.3) is 5.69 Å². The Bertz CT molecular complexity index is 1070. The molecule has 2 aromatic rings. The molecule has 0 aromatic heterocycles. The van der Waals surface area contributed by atoms with Gasteiger partial charge in [-0.3, -0.25) is 14.9 Å². The van der Waals surface area contributed by atoms with Crippen molar-refractivity contribution in [1.82, 2.24) is 0 Å². The third-order valence-corrected chi connectivity index (χ3v) is 3.65. The summed E-state index contributed by atoms with van der Waals surface area (Å²) in [7, 11) is 0. The van der Waals surface area contributed by atoms with Crippen molar-refractivity contribution >= 4 is 23.1 Å². The Morgan fingerprint density at radius 2 is 1.83 bits per heavy atom. The number of rotatable bonds is 7. The molecule has 0 amide bonds. The maximum Gasteiger partial charge on any atom is 0.343 e. The van der Waals surface area contributed by atoms with Gasteiger partial charge in [-0.25, -0.2) is 22.4 Å². The Hall–Kier alpha value is -3.96. The quantitative estimate of drug-likeness (QED) is 0.0591. The van der Waals surface area contributed by atoms with Crippen LogP contribution in [-0.2, 0) is 9.53 Å². The second-order valence-electron chi connectivity index (χ2n) is 5.56. The average Bonchev–Trinajstić information content (AvgIpc) is 2.70. The van der Waals surface area contributed by atoms with E-state index in [0.29, 0.717) is 6.20 Å². The van der Waals surface area contributed by atoms with Crippen LogP contribution in [0.25, 0.3) is 0 Å². The van der Waals surface area contributed by atoms with Crippen LogP contribution in [0.4, 0.5) is 28.9 Å². The van der Waals surface area contributed by atoms with E-state index in [1.165, 1.54) is 6.92 Å². The molecule has 2 aromatic carbocycles. The fourth-order valence-electron chi connectivity index (χ4n) is 2.21. The number of hydrogen-bond acceptors (Lipinski definition) is 7. The zero-order chi connectivity index (χ0) is 22.6. The van der Waals surface area contributed by atoms with Gasteiger partial charge in [0.15, 0.2) is 23.3 Å². The van der Waals surface area contributed by atoms with Crippen LogP contribution in [0, 0.1) is 33.4 Å². The van der Waals surface area contributed by atoms with Gasteiger partial charge in [-0.05, 0) is 19.1 Å². The number of nitrogens with one attached hydrogen (secondary N) is 1. The van der Waals surface area contributed by atoms with Crippen LogP contribution < -0.4 is 5.32 Å². The van der Waals surface area contributed by atoms with Crippen LogP contribution in [-0.4, -0.2) is 28.4 Å². The Labute approximate surface area is 165 Å². The summed E-state index contributed by atoms with van der Waals surface area (Å²) in [5, 5.41) is 22.8. The Kier molecular flexibility index (Phi) is 6.72. The number of hydrogen-bond donors (Lipinski definition) is 2. The monoisotopic (exact) mass is 428 g/mol. The molecule has 2 rings (SSSR count). The molecule has 2 N–H and O–H groups in total. The summed E-state index contributed by atoms with van der Waals surface area (Å²) >= 11 is 0. The van der Waals surface area contributed by atoms with Gasteiger partial charge in [-0.2, -0.15) is 0 Å². The van der Waals surface area contributed by atoms with E-state index in [2.05, 4.69) is 10.1 Å². The summed E-state index contributed by atoms with van der Waals surface area (Å²) in [4.78, 5) is 34.5.